The average molecular weight is 333 g/mol. The smallest absolute Gasteiger partial charge is 0.317 e. The van der Waals surface area contributed by atoms with Gasteiger partial charge in [-0.3, -0.25) is 9.59 Å². The molecule has 24 heavy (non-hydrogen) atoms. The van der Waals surface area contributed by atoms with Crippen LogP contribution in [0.2, 0.25) is 0 Å². The van der Waals surface area contributed by atoms with Crippen molar-refractivity contribution in [2.24, 2.45) is 5.92 Å². The molecule has 0 spiro atoms. The van der Waals surface area contributed by atoms with E-state index in [1.54, 1.807) is 14.1 Å². The standard InChI is InChI=1S/C17H23N3O4/c1-11-6-4-5-7-12(11)13-9-20(10-14(13)16(22)23)15(21)8-18-17(24)19(2)3/h4-7,13-14H,8-10H2,1-3H3,(H,18,24)(H,22,23)/t13-,14+/m1/s1. The van der Waals surface area contributed by atoms with Gasteiger partial charge in [-0.05, 0) is 18.1 Å². The van der Waals surface area contributed by atoms with E-state index in [2.05, 4.69) is 5.32 Å². The normalized spacial score (nSPS) is 19.9. The van der Waals surface area contributed by atoms with Crippen LogP contribution in [0.15, 0.2) is 24.3 Å². The molecule has 2 atom stereocenters. The zero-order chi connectivity index (χ0) is 17.9. The number of urea groups is 1. The molecule has 0 radical (unpaired) electrons. The molecule has 2 N–H and O–H groups in total. The molecule has 0 saturated carbocycles. The Morgan fingerprint density at radius 1 is 1.25 bits per heavy atom. The van der Waals surface area contributed by atoms with Crippen molar-refractivity contribution in [3.63, 3.8) is 0 Å². The van der Waals surface area contributed by atoms with Crippen molar-refractivity contribution in [1.82, 2.24) is 15.1 Å². The molecule has 1 aliphatic heterocycles. The number of benzene rings is 1. The van der Waals surface area contributed by atoms with E-state index >= 15 is 0 Å². The Kier molecular flexibility index (Phi) is 5.43. The Morgan fingerprint density at radius 3 is 2.50 bits per heavy atom. The number of nitrogens with one attached hydrogen (secondary N) is 1. The molecule has 2 rings (SSSR count). The van der Waals surface area contributed by atoms with Crippen LogP contribution >= 0.6 is 0 Å². The summed E-state index contributed by atoms with van der Waals surface area (Å²) in [4.78, 5) is 38.3. The number of carboxylic acids is 1. The lowest BCUT2D eigenvalue weighted by Gasteiger charge is -2.19. The summed E-state index contributed by atoms with van der Waals surface area (Å²) in [7, 11) is 3.18. The molecular formula is C17H23N3O4. The monoisotopic (exact) mass is 333 g/mol. The summed E-state index contributed by atoms with van der Waals surface area (Å²) >= 11 is 0. The number of rotatable bonds is 4. The summed E-state index contributed by atoms with van der Waals surface area (Å²) < 4.78 is 0. The highest BCUT2D eigenvalue weighted by Gasteiger charge is 2.40. The second-order valence-electron chi connectivity index (χ2n) is 6.26. The molecule has 1 aliphatic rings. The van der Waals surface area contributed by atoms with Crippen LogP contribution in [0.25, 0.3) is 0 Å². The lowest BCUT2D eigenvalue weighted by atomic mass is 9.86. The fourth-order valence-corrected chi connectivity index (χ4v) is 3.00. The zero-order valence-electron chi connectivity index (χ0n) is 14.2. The highest BCUT2D eigenvalue weighted by molar-refractivity contribution is 5.85. The first kappa shape index (κ1) is 17.8. The lowest BCUT2D eigenvalue weighted by molar-refractivity contribution is -0.141. The van der Waals surface area contributed by atoms with E-state index in [0.717, 1.165) is 11.1 Å². The second kappa shape index (κ2) is 7.33. The van der Waals surface area contributed by atoms with E-state index in [0.29, 0.717) is 6.54 Å². The molecule has 1 heterocycles. The number of hydrogen-bond acceptors (Lipinski definition) is 3. The fourth-order valence-electron chi connectivity index (χ4n) is 3.00. The van der Waals surface area contributed by atoms with Crippen molar-refractivity contribution in [2.75, 3.05) is 33.7 Å². The Bertz CT molecular complexity index is 644. The molecular weight excluding hydrogens is 310 g/mol. The molecule has 1 aromatic rings. The minimum absolute atomic E-state index is 0.135. The fraction of sp³-hybridized carbons (Fsp3) is 0.471. The largest absolute Gasteiger partial charge is 0.481 e. The minimum Gasteiger partial charge on any atom is -0.481 e. The molecule has 1 saturated heterocycles. The van der Waals surface area contributed by atoms with Crippen molar-refractivity contribution < 1.29 is 19.5 Å². The van der Waals surface area contributed by atoms with Gasteiger partial charge in [-0.2, -0.15) is 0 Å². The Balaban J connectivity index is 2.10. The van der Waals surface area contributed by atoms with Crippen LogP contribution in [-0.4, -0.2) is 66.5 Å². The molecule has 0 aliphatic carbocycles. The van der Waals surface area contributed by atoms with Gasteiger partial charge in [-0.15, -0.1) is 0 Å². The molecule has 0 bridgehead atoms. The van der Waals surface area contributed by atoms with E-state index < -0.39 is 11.9 Å². The highest BCUT2D eigenvalue weighted by Crippen LogP contribution is 2.34. The van der Waals surface area contributed by atoms with Gasteiger partial charge in [0.1, 0.15) is 0 Å². The molecule has 7 heteroatoms. The third-order valence-electron chi connectivity index (χ3n) is 4.37. The first-order chi connectivity index (χ1) is 11.3. The van der Waals surface area contributed by atoms with Crippen LogP contribution in [-0.2, 0) is 9.59 Å². The summed E-state index contributed by atoms with van der Waals surface area (Å²) in [5.41, 5.74) is 1.97. The second-order valence-corrected chi connectivity index (χ2v) is 6.26. The number of likely N-dealkylation sites (tertiary alicyclic amines) is 1. The van der Waals surface area contributed by atoms with E-state index in [1.807, 2.05) is 31.2 Å². The zero-order valence-corrected chi connectivity index (χ0v) is 14.2. The summed E-state index contributed by atoms with van der Waals surface area (Å²) in [6.45, 7) is 2.31. The topological polar surface area (TPSA) is 90.0 Å². The Labute approximate surface area is 141 Å². The molecule has 130 valence electrons. The maximum absolute atomic E-state index is 12.3. The number of nitrogens with zero attached hydrogens (tertiary/aromatic N) is 2. The van der Waals surface area contributed by atoms with Gasteiger partial charge < -0.3 is 20.2 Å². The number of carbonyl (C=O) groups excluding carboxylic acids is 2. The van der Waals surface area contributed by atoms with Crippen LogP contribution in [0.5, 0.6) is 0 Å². The Hall–Kier alpha value is -2.57. The highest BCUT2D eigenvalue weighted by atomic mass is 16.4. The first-order valence-corrected chi connectivity index (χ1v) is 7.82. The molecule has 7 nitrogen and oxygen atoms in total. The lowest BCUT2D eigenvalue weighted by Crippen LogP contribution is -2.42. The maximum Gasteiger partial charge on any atom is 0.317 e. The number of aliphatic carboxylic acids is 1. The number of hydrogen-bond donors (Lipinski definition) is 2. The number of carboxylic acid groups (broad SMARTS) is 1. The Morgan fingerprint density at radius 2 is 1.92 bits per heavy atom. The van der Waals surface area contributed by atoms with Crippen LogP contribution in [0, 0.1) is 12.8 Å². The van der Waals surface area contributed by atoms with Crippen molar-refractivity contribution in [3.8, 4) is 0 Å². The van der Waals surface area contributed by atoms with Gasteiger partial charge in [0.15, 0.2) is 0 Å². The predicted octanol–water partition coefficient (Wildman–Crippen LogP) is 0.893. The van der Waals surface area contributed by atoms with Crippen molar-refractivity contribution in [1.29, 1.82) is 0 Å². The van der Waals surface area contributed by atoms with Crippen molar-refractivity contribution in [3.05, 3.63) is 35.4 Å². The van der Waals surface area contributed by atoms with E-state index in [4.69, 9.17) is 0 Å². The van der Waals surface area contributed by atoms with Crippen LogP contribution in [0.4, 0.5) is 4.79 Å². The number of carbonyl (C=O) groups is 3. The van der Waals surface area contributed by atoms with Gasteiger partial charge in [0.05, 0.1) is 12.5 Å². The quantitative estimate of drug-likeness (QED) is 0.856. The van der Waals surface area contributed by atoms with E-state index in [1.165, 1.54) is 9.80 Å². The third kappa shape index (κ3) is 3.84. The molecule has 0 aromatic heterocycles. The number of amides is 3. The SMILES string of the molecule is Cc1ccccc1[C@H]1CN(C(=O)CNC(=O)N(C)C)C[C@@H]1C(=O)O. The summed E-state index contributed by atoms with van der Waals surface area (Å²) in [6, 6.07) is 7.29. The minimum atomic E-state index is -0.907. The molecule has 0 unspecified atom stereocenters. The van der Waals surface area contributed by atoms with Gasteiger partial charge in [-0.25, -0.2) is 4.79 Å². The van der Waals surface area contributed by atoms with Crippen molar-refractivity contribution >= 4 is 17.9 Å². The van der Waals surface area contributed by atoms with Crippen LogP contribution in [0.3, 0.4) is 0 Å². The maximum atomic E-state index is 12.3. The van der Waals surface area contributed by atoms with Gasteiger partial charge >= 0.3 is 12.0 Å². The summed E-state index contributed by atoms with van der Waals surface area (Å²) in [6.07, 6.45) is 0. The van der Waals surface area contributed by atoms with Gasteiger partial charge in [0.25, 0.3) is 0 Å². The van der Waals surface area contributed by atoms with Crippen molar-refractivity contribution in [2.45, 2.75) is 12.8 Å². The van der Waals surface area contributed by atoms with E-state index in [9.17, 15) is 19.5 Å². The first-order valence-electron chi connectivity index (χ1n) is 7.82. The number of aryl methyl sites for hydroxylation is 1. The van der Waals surface area contributed by atoms with Gasteiger partial charge in [0.2, 0.25) is 5.91 Å². The van der Waals surface area contributed by atoms with E-state index in [-0.39, 0.29) is 30.9 Å². The average Bonchev–Trinajstić information content (AvgIpc) is 2.98. The molecule has 1 aromatic carbocycles. The summed E-state index contributed by atoms with van der Waals surface area (Å²) in [5, 5.41) is 12.0. The molecule has 3 amide bonds. The van der Waals surface area contributed by atoms with Crippen LogP contribution in [0.1, 0.15) is 17.0 Å². The van der Waals surface area contributed by atoms with Crippen LogP contribution < -0.4 is 5.32 Å². The van der Waals surface area contributed by atoms with Gasteiger partial charge in [-0.1, -0.05) is 24.3 Å². The molecule has 1 fully saturated rings. The summed E-state index contributed by atoms with van der Waals surface area (Å²) in [5.74, 6) is -2.06. The van der Waals surface area contributed by atoms with Gasteiger partial charge in [0, 0.05) is 33.1 Å². The third-order valence-corrected chi connectivity index (χ3v) is 4.37. The predicted molar refractivity (Wildman–Crippen MR) is 88.7 cm³/mol.